The molecule has 6 nitrogen and oxygen atoms in total. The molecule has 17 aliphatic rings. The molecule has 1 aliphatic heterocycles. The standard InChI is InChI=1S/C20H31NO.C20H32O2.2C20H32O.CH4/c1-19-8-7-17(22)9-14(19)4-3-13-11-20(2)15(10-18(13)19)5-6-16(20)12-21;1-18-7-6-16(21)9-14(18)4-3-13-11-19(2)15(10-17(13)18)5-8-20(19)12-22-20;2*1-13-4-6-16-11-18-14(12-20(13,16)3)5-7-15-10-17(21)8-9-19(15,18)2;/h13-18,22H,3-11H2,1-2H3;13-17,21H,3-12H2,1-2H3;4,14-18,21H,5-12H2,1-3H3;14-18,21H,1,4-12H2,2-3H3;1H4/t13-,14-,15+,16-,17+,18-,19-,20+;13-,14-,15+,16+,17-,18-,19+,20-;2*14-,15-,16+,17+,18-,19-,20-;/m1111./s1. The van der Waals surface area contributed by atoms with Crippen molar-refractivity contribution in [1.82, 2.24) is 0 Å². The highest BCUT2D eigenvalue weighted by atomic mass is 16.6. The topological polar surface area (TPSA) is 117 Å². The van der Waals surface area contributed by atoms with Crippen molar-refractivity contribution >= 4 is 0 Å². The predicted molar refractivity (Wildman–Crippen MR) is 354 cm³/mol. The van der Waals surface area contributed by atoms with Gasteiger partial charge in [-0.25, -0.2) is 0 Å². The second-order valence-electron chi connectivity index (χ2n) is 38.0. The highest BCUT2D eigenvalue weighted by Crippen LogP contribution is 2.73. The third-order valence-electron chi connectivity index (χ3n) is 35.2. The fourth-order valence-electron chi connectivity index (χ4n) is 28.8. The van der Waals surface area contributed by atoms with Crippen LogP contribution >= 0.6 is 0 Å². The zero-order valence-corrected chi connectivity index (χ0v) is 56.5. The smallest absolute Gasteiger partial charge is 0.0972 e. The summed E-state index contributed by atoms with van der Waals surface area (Å²) in [6.07, 6.45) is 47.4. The SMILES string of the molecule is C.C=C1CC[C@H]2C[C@@H]3[C@H](CC[C@@H]4C[C@@H](O)CC[C@]43C)C[C@]12C.CC1=CC[C@H]2C[C@@H]3[C@H](CC[C@@H]4C[C@@H](O)CC[C@]43C)C[C@]12C.C[C@@]12CC[C@H](O)C[C@H]1CC[C@@H]1C[C@@]3(C)[C@@H](CC[C@@]34CO4)C[C@H]12.C[C@]12C[C@H]3CC[C@@H]4C[C@@H](O)CC[C@@]4(C)[C@@H]3C[C@@H]1CC[C@@H]2C#N. The third-order valence-corrected chi connectivity index (χ3v) is 35.2. The lowest BCUT2D eigenvalue weighted by Crippen LogP contribution is -2.54. The van der Waals surface area contributed by atoms with Crippen LogP contribution in [0.2, 0.25) is 0 Å². The van der Waals surface area contributed by atoms with E-state index >= 15 is 0 Å². The second kappa shape index (κ2) is 23.0. The molecule has 490 valence electrons. The van der Waals surface area contributed by atoms with E-state index in [0.717, 1.165) is 159 Å². The van der Waals surface area contributed by atoms with Gasteiger partial charge in [0.25, 0.3) is 0 Å². The first kappa shape index (κ1) is 64.5. The van der Waals surface area contributed by atoms with Gasteiger partial charge in [0.1, 0.15) is 0 Å². The van der Waals surface area contributed by atoms with Gasteiger partial charge in [0, 0.05) is 5.41 Å². The highest BCUT2D eigenvalue weighted by Gasteiger charge is 2.70. The number of aliphatic hydroxyl groups excluding tert-OH is 4. The minimum Gasteiger partial charge on any atom is -0.393 e. The third kappa shape index (κ3) is 10.3. The van der Waals surface area contributed by atoms with Crippen molar-refractivity contribution in [1.29, 1.82) is 5.26 Å². The monoisotopic (exact) mass is 1200 g/mol. The lowest BCUT2D eigenvalue weighted by Gasteiger charge is -2.60. The molecule has 4 N–H and O–H groups in total. The molecular formula is C81H131NO5. The lowest BCUT2D eigenvalue weighted by molar-refractivity contribution is -0.121. The molecule has 17 rings (SSSR count). The molecule has 6 heteroatoms. The predicted octanol–water partition coefficient (Wildman–Crippen LogP) is 19.2. The van der Waals surface area contributed by atoms with E-state index in [1.165, 1.54) is 167 Å². The first-order valence-corrected chi connectivity index (χ1v) is 37.9. The molecule has 16 aliphatic carbocycles. The van der Waals surface area contributed by atoms with E-state index in [1.807, 2.05) is 0 Å². The van der Waals surface area contributed by atoms with Crippen molar-refractivity contribution in [3.8, 4) is 6.07 Å². The molecule has 1 spiro atoms. The molecule has 0 bridgehead atoms. The number of nitriles is 1. The van der Waals surface area contributed by atoms with Crippen LogP contribution in [0.1, 0.15) is 294 Å². The van der Waals surface area contributed by atoms with Crippen molar-refractivity contribution in [3.05, 3.63) is 23.8 Å². The summed E-state index contributed by atoms with van der Waals surface area (Å²) in [6.45, 7) is 28.2. The molecule has 0 radical (unpaired) electrons. The molecule has 0 aromatic carbocycles. The molecule has 0 unspecified atom stereocenters. The fraction of sp³-hybridized carbons (Fsp3) is 0.938. The van der Waals surface area contributed by atoms with E-state index in [1.54, 1.807) is 11.1 Å². The Hall–Kier alpha value is -1.23. The van der Waals surface area contributed by atoms with Gasteiger partial charge in [-0.2, -0.15) is 5.26 Å². The number of nitrogens with zero attached hydrogens (tertiary/aromatic N) is 1. The number of hydrogen-bond donors (Lipinski definition) is 4. The summed E-state index contributed by atoms with van der Waals surface area (Å²) in [5.74, 6) is 14.2. The van der Waals surface area contributed by atoms with E-state index in [2.05, 4.69) is 81.0 Å². The van der Waals surface area contributed by atoms with Crippen molar-refractivity contribution in [3.63, 3.8) is 0 Å². The zero-order valence-electron chi connectivity index (χ0n) is 56.5. The van der Waals surface area contributed by atoms with Crippen LogP contribution in [0.3, 0.4) is 0 Å². The summed E-state index contributed by atoms with van der Waals surface area (Å²) in [7, 11) is 0. The number of allylic oxidation sites excluding steroid dienone is 3. The summed E-state index contributed by atoms with van der Waals surface area (Å²) < 4.78 is 6.02. The molecule has 0 aromatic heterocycles. The molecule has 1 heterocycles. The Kier molecular flexibility index (Phi) is 17.1. The summed E-state index contributed by atoms with van der Waals surface area (Å²) in [6, 6.07) is 2.64. The molecule has 1 saturated heterocycles. The summed E-state index contributed by atoms with van der Waals surface area (Å²) in [5.41, 5.74) is 7.30. The minimum atomic E-state index is -0.0436. The highest BCUT2D eigenvalue weighted by molar-refractivity contribution is 5.24. The quantitative estimate of drug-likeness (QED) is 0.142. The Morgan fingerprint density at radius 3 is 1.29 bits per heavy atom. The molecule has 0 aromatic rings. The van der Waals surface area contributed by atoms with Gasteiger partial charge in [-0.15, -0.1) is 0 Å². The normalized spacial score (nSPS) is 57.7. The van der Waals surface area contributed by atoms with E-state index in [0.29, 0.717) is 54.8 Å². The Labute approximate surface area is 532 Å². The maximum absolute atomic E-state index is 10.1. The summed E-state index contributed by atoms with van der Waals surface area (Å²) in [4.78, 5) is 0. The van der Waals surface area contributed by atoms with Gasteiger partial charge in [-0.3, -0.25) is 0 Å². The van der Waals surface area contributed by atoms with Gasteiger partial charge in [-0.05, 0) is 364 Å². The van der Waals surface area contributed by atoms with E-state index in [9.17, 15) is 25.7 Å². The largest absolute Gasteiger partial charge is 0.393 e. The van der Waals surface area contributed by atoms with Crippen LogP contribution < -0.4 is 0 Å². The van der Waals surface area contributed by atoms with Gasteiger partial charge >= 0.3 is 0 Å². The van der Waals surface area contributed by atoms with Crippen LogP contribution in [0.5, 0.6) is 0 Å². The number of epoxide rings is 1. The van der Waals surface area contributed by atoms with Crippen molar-refractivity contribution in [2.75, 3.05) is 6.61 Å². The van der Waals surface area contributed by atoms with Crippen LogP contribution in [0.25, 0.3) is 0 Å². The number of fused-ring (bicyclic) bond motifs is 17. The Morgan fingerprint density at radius 2 is 0.828 bits per heavy atom. The van der Waals surface area contributed by atoms with Gasteiger partial charge in [0.15, 0.2) is 0 Å². The summed E-state index contributed by atoms with van der Waals surface area (Å²) in [5, 5.41) is 49.9. The van der Waals surface area contributed by atoms with Crippen LogP contribution in [0.15, 0.2) is 23.8 Å². The molecule has 0 amide bonds. The first-order valence-electron chi connectivity index (χ1n) is 37.9. The van der Waals surface area contributed by atoms with E-state index < -0.39 is 0 Å². The van der Waals surface area contributed by atoms with Crippen molar-refractivity contribution < 1.29 is 25.2 Å². The number of rotatable bonds is 0. The first-order chi connectivity index (χ1) is 40.8. The summed E-state index contributed by atoms with van der Waals surface area (Å²) >= 11 is 0. The van der Waals surface area contributed by atoms with Gasteiger partial charge < -0.3 is 25.2 Å². The van der Waals surface area contributed by atoms with Gasteiger partial charge in [0.05, 0.1) is 48.6 Å². The molecule has 15 saturated carbocycles. The Balaban J connectivity index is 0.000000107. The number of ether oxygens (including phenoxy) is 1. The molecule has 30 atom stereocenters. The van der Waals surface area contributed by atoms with Crippen molar-refractivity contribution in [2.45, 2.75) is 324 Å². The molecule has 16 fully saturated rings. The van der Waals surface area contributed by atoms with Crippen LogP contribution in [-0.4, -0.2) is 57.0 Å². The molecule has 87 heavy (non-hydrogen) atoms. The van der Waals surface area contributed by atoms with Crippen LogP contribution in [-0.2, 0) is 4.74 Å². The van der Waals surface area contributed by atoms with E-state index in [4.69, 9.17) is 4.74 Å². The number of hydrogen-bond acceptors (Lipinski definition) is 6. The number of aliphatic hydroxyl groups is 4. The van der Waals surface area contributed by atoms with Gasteiger partial charge in [-0.1, -0.05) is 86.6 Å². The average molecular weight is 1200 g/mol. The zero-order chi connectivity index (χ0) is 60.4. The minimum absolute atomic E-state index is 0. The molecular weight excluding hydrogens is 1070 g/mol. The average Bonchev–Trinajstić information content (AvgIpc) is 1.60. The van der Waals surface area contributed by atoms with Crippen LogP contribution in [0, 0.1) is 155 Å². The Bertz CT molecular complexity index is 2590. The Morgan fingerprint density at radius 1 is 0.437 bits per heavy atom. The van der Waals surface area contributed by atoms with Crippen LogP contribution in [0.4, 0.5) is 0 Å². The second-order valence-corrected chi connectivity index (χ2v) is 38.0. The maximum Gasteiger partial charge on any atom is 0.0972 e. The van der Waals surface area contributed by atoms with Gasteiger partial charge in [0.2, 0.25) is 0 Å². The van der Waals surface area contributed by atoms with Crippen molar-refractivity contribution in [2.24, 2.45) is 144 Å². The lowest BCUT2D eigenvalue weighted by atomic mass is 9.45. The fourth-order valence-corrected chi connectivity index (χ4v) is 28.8. The van der Waals surface area contributed by atoms with E-state index in [-0.39, 0.29) is 31.8 Å². The maximum atomic E-state index is 10.1.